The molecule has 0 saturated heterocycles. The summed E-state index contributed by atoms with van der Waals surface area (Å²) >= 11 is 0. The minimum atomic E-state index is -2.30. The van der Waals surface area contributed by atoms with E-state index < -0.39 is 67.8 Å². The Labute approximate surface area is 497 Å². The zero-order chi connectivity index (χ0) is 61.9. The van der Waals surface area contributed by atoms with Crippen molar-refractivity contribution >= 4 is 71.5 Å². The lowest BCUT2D eigenvalue weighted by atomic mass is 9.98. The first kappa shape index (κ1) is 68.1. The number of aromatic nitrogens is 1. The molecule has 5 amide bonds. The Morgan fingerprint density at radius 2 is 1.04 bits per heavy atom. The molecule has 0 atom stereocenters. The van der Waals surface area contributed by atoms with Crippen molar-refractivity contribution in [3.63, 3.8) is 0 Å². The number of carboxylic acids is 1. The maximum atomic E-state index is 14.7. The normalized spacial score (nSPS) is 13.2. The number of nitrogens with zero attached hydrogens (tertiary/aromatic N) is 6. The van der Waals surface area contributed by atoms with Crippen LogP contribution < -0.4 is 5.32 Å². The van der Waals surface area contributed by atoms with Gasteiger partial charge in [-0.25, -0.2) is 14.8 Å². The molecule has 5 rings (SSSR count). The summed E-state index contributed by atoms with van der Waals surface area (Å²) in [6.07, 6.45) is -0.777. The van der Waals surface area contributed by atoms with Crippen LogP contribution >= 0.6 is 0 Å². The van der Waals surface area contributed by atoms with Gasteiger partial charge in [-0.3, -0.25) is 24.0 Å². The molecule has 0 radical (unpaired) electrons. The standard InChI is InChI=1S/C62H97N7O11Si3/c1-60(2,3)81(12,13)78-37-34-66(32-31-58(74)75)56(72)43-68(36-39-80-83(16,17)62(7,8)9)57(73)44-67(35-38-79-82(14,15)61(4,5)6)55(71)41-63-54(70)30-33-69-47(40-46-24-18-23-29-53(46)69)42-64(10)65(11)59(76)77-45-52-50-27-21-19-25-48(50)49-26-20-22-28-51(49)52/h18-29,40,52H,30-39,41-45H2,1-17H3,(H,63,70)(H,74,75). The third-order valence-electron chi connectivity index (χ3n) is 17.6. The summed E-state index contributed by atoms with van der Waals surface area (Å²) < 4.78 is 27.4. The van der Waals surface area contributed by atoms with Crippen LogP contribution in [0.15, 0.2) is 78.9 Å². The quantitative estimate of drug-likeness (QED) is 0.0387. The number of hydrogen-bond acceptors (Lipinski definition) is 11. The molecule has 3 aromatic carbocycles. The Balaban J connectivity index is 1.29. The molecular formula is C62H97N7O11Si3. The molecule has 1 aliphatic carbocycles. The molecule has 83 heavy (non-hydrogen) atoms. The van der Waals surface area contributed by atoms with Crippen LogP contribution in [-0.4, -0.2) is 181 Å². The maximum Gasteiger partial charge on any atom is 0.424 e. The summed E-state index contributed by atoms with van der Waals surface area (Å²) in [5.74, 6) is -3.01. The van der Waals surface area contributed by atoms with Crippen LogP contribution in [0.25, 0.3) is 22.0 Å². The second-order valence-electron chi connectivity index (χ2n) is 26.5. The first-order valence-electron chi connectivity index (χ1n) is 29.2. The van der Waals surface area contributed by atoms with Gasteiger partial charge in [-0.2, -0.15) is 0 Å². The summed E-state index contributed by atoms with van der Waals surface area (Å²) in [5, 5.41) is 16.3. The molecule has 21 heteroatoms. The maximum absolute atomic E-state index is 14.7. The van der Waals surface area contributed by atoms with Crippen molar-refractivity contribution in [2.45, 2.75) is 149 Å². The van der Waals surface area contributed by atoms with E-state index in [2.05, 4.69) is 131 Å². The third kappa shape index (κ3) is 18.4. The smallest absolute Gasteiger partial charge is 0.424 e. The third-order valence-corrected chi connectivity index (χ3v) is 31.2. The van der Waals surface area contributed by atoms with Crippen molar-refractivity contribution in [1.82, 2.24) is 34.6 Å². The molecule has 0 bridgehead atoms. The Morgan fingerprint density at radius 1 is 0.590 bits per heavy atom. The number of carboxylic acid groups (broad SMARTS) is 1. The number of hydrazine groups is 1. The number of para-hydroxylation sites is 1. The molecule has 1 aliphatic rings. The molecule has 0 unspecified atom stereocenters. The summed E-state index contributed by atoms with van der Waals surface area (Å²) in [6, 6.07) is 26.3. The Hall–Kier alpha value is -5.69. The number of nitrogens with one attached hydrogen (secondary N) is 1. The van der Waals surface area contributed by atoms with Gasteiger partial charge in [0.25, 0.3) is 0 Å². The Kier molecular flexibility index (Phi) is 23.4. The van der Waals surface area contributed by atoms with Crippen molar-refractivity contribution in [3.8, 4) is 11.1 Å². The molecule has 0 fully saturated rings. The number of aryl methyl sites for hydroxylation is 1. The molecule has 18 nitrogen and oxygen atoms in total. The predicted octanol–water partition coefficient (Wildman–Crippen LogP) is 10.4. The second-order valence-corrected chi connectivity index (χ2v) is 40.9. The molecule has 1 aromatic heterocycles. The minimum Gasteiger partial charge on any atom is -0.481 e. The number of hydrogen-bond donors (Lipinski definition) is 2. The van der Waals surface area contributed by atoms with Crippen LogP contribution in [0.4, 0.5) is 4.79 Å². The fraction of sp³-hybridized carbons (Fsp3) is 0.581. The number of ether oxygens (including phenoxy) is 1. The number of carbonyl (C=O) groups excluding carboxylic acids is 5. The van der Waals surface area contributed by atoms with Gasteiger partial charge >= 0.3 is 12.1 Å². The van der Waals surface area contributed by atoms with Gasteiger partial charge in [-0.05, 0) is 94.2 Å². The van der Waals surface area contributed by atoms with Gasteiger partial charge < -0.3 is 47.7 Å². The van der Waals surface area contributed by atoms with Crippen LogP contribution in [0.1, 0.15) is 97.9 Å². The molecular weight excluding hydrogens is 1100 g/mol. The van der Waals surface area contributed by atoms with Crippen molar-refractivity contribution in [3.05, 3.63) is 95.7 Å². The highest BCUT2D eigenvalue weighted by Crippen LogP contribution is 2.45. The topological polar surface area (TPSA) is 193 Å². The number of amides is 5. The lowest BCUT2D eigenvalue weighted by molar-refractivity contribution is -0.145. The molecule has 0 spiro atoms. The lowest BCUT2D eigenvalue weighted by Crippen LogP contribution is -2.52. The van der Waals surface area contributed by atoms with Gasteiger partial charge in [-0.15, -0.1) is 0 Å². The van der Waals surface area contributed by atoms with Gasteiger partial charge in [0.15, 0.2) is 25.0 Å². The van der Waals surface area contributed by atoms with Gasteiger partial charge in [0.2, 0.25) is 23.6 Å². The van der Waals surface area contributed by atoms with E-state index in [-0.39, 0.29) is 105 Å². The van der Waals surface area contributed by atoms with Crippen molar-refractivity contribution < 1.29 is 51.9 Å². The first-order valence-corrected chi connectivity index (χ1v) is 37.9. The highest BCUT2D eigenvalue weighted by molar-refractivity contribution is 6.74. The van der Waals surface area contributed by atoms with Gasteiger partial charge in [0.05, 0.1) is 52.4 Å². The predicted molar refractivity (Wildman–Crippen MR) is 335 cm³/mol. The van der Waals surface area contributed by atoms with Crippen LogP contribution in [0.5, 0.6) is 0 Å². The molecule has 2 N–H and O–H groups in total. The summed E-state index contributed by atoms with van der Waals surface area (Å²) in [5.41, 5.74) is 6.29. The lowest BCUT2D eigenvalue weighted by Gasteiger charge is -2.38. The van der Waals surface area contributed by atoms with E-state index in [9.17, 15) is 33.9 Å². The van der Waals surface area contributed by atoms with Crippen molar-refractivity contribution in [1.29, 1.82) is 0 Å². The SMILES string of the molecule is CN(Cc1cc2ccccc2n1CCC(=O)NCC(=O)N(CCO[Si](C)(C)C(C)(C)C)CC(=O)N(CCO[Si](C)(C)C(C)(C)C)CC(=O)N(CCO[Si](C)(C)C(C)(C)C)CCC(=O)O)N(C)C(=O)OCC1c2ccccc2-c2ccccc21. The van der Waals surface area contributed by atoms with E-state index in [1.165, 1.54) is 19.7 Å². The fourth-order valence-corrected chi connectivity index (χ4v) is 12.1. The first-order chi connectivity index (χ1) is 38.5. The average Bonchev–Trinajstić information content (AvgIpc) is 2.47. The number of benzene rings is 3. The van der Waals surface area contributed by atoms with E-state index in [1.54, 1.807) is 19.1 Å². The highest BCUT2D eigenvalue weighted by atomic mass is 28.4. The number of fused-ring (bicyclic) bond motifs is 4. The van der Waals surface area contributed by atoms with Crippen molar-refractivity contribution in [2.75, 3.05) is 86.3 Å². The molecule has 0 saturated carbocycles. The number of carbonyl (C=O) groups is 6. The van der Waals surface area contributed by atoms with Gasteiger partial charge in [0.1, 0.15) is 6.61 Å². The Morgan fingerprint density at radius 3 is 1.53 bits per heavy atom. The Bertz CT molecular complexity index is 2840. The van der Waals surface area contributed by atoms with E-state index in [0.29, 0.717) is 6.54 Å². The molecule has 0 aliphatic heterocycles. The van der Waals surface area contributed by atoms with Crippen LogP contribution in [0.2, 0.25) is 54.4 Å². The largest absolute Gasteiger partial charge is 0.481 e. The van der Waals surface area contributed by atoms with E-state index in [0.717, 1.165) is 38.9 Å². The zero-order valence-corrected chi connectivity index (χ0v) is 55.9. The average molecular weight is 1200 g/mol. The van der Waals surface area contributed by atoms with Gasteiger partial charge in [-0.1, -0.05) is 129 Å². The monoisotopic (exact) mass is 1200 g/mol. The summed E-state index contributed by atoms with van der Waals surface area (Å²) in [6.45, 7) is 31.9. The van der Waals surface area contributed by atoms with Crippen molar-refractivity contribution in [2.24, 2.45) is 0 Å². The van der Waals surface area contributed by atoms with E-state index >= 15 is 0 Å². The summed E-state index contributed by atoms with van der Waals surface area (Å²) in [7, 11) is -3.34. The fourth-order valence-electron chi connectivity index (χ4n) is 9.00. The highest BCUT2D eigenvalue weighted by Gasteiger charge is 2.40. The van der Waals surface area contributed by atoms with Crippen LogP contribution in [-0.2, 0) is 55.1 Å². The van der Waals surface area contributed by atoms with E-state index in [4.69, 9.17) is 18.0 Å². The van der Waals surface area contributed by atoms with Crippen LogP contribution in [0, 0.1) is 0 Å². The molecule has 458 valence electrons. The second kappa shape index (κ2) is 28.5. The molecule has 4 aromatic rings. The zero-order valence-electron chi connectivity index (χ0n) is 52.9. The number of rotatable bonds is 29. The minimum absolute atomic E-state index is 0.0156. The van der Waals surface area contributed by atoms with E-state index in [1.807, 2.05) is 59.2 Å². The van der Waals surface area contributed by atoms with Gasteiger partial charge in [0, 0.05) is 70.4 Å². The van der Waals surface area contributed by atoms with Crippen LogP contribution in [0.3, 0.4) is 0 Å². The number of aliphatic carboxylic acids is 1. The summed E-state index contributed by atoms with van der Waals surface area (Å²) in [4.78, 5) is 86.8. The molecule has 1 heterocycles.